The maximum absolute atomic E-state index is 13.0. The molecule has 1 aromatic heterocycles. The molecule has 0 spiro atoms. The van der Waals surface area contributed by atoms with E-state index >= 15 is 0 Å². The van der Waals surface area contributed by atoms with E-state index in [2.05, 4.69) is 15.6 Å². The van der Waals surface area contributed by atoms with E-state index in [1.165, 1.54) is 35.9 Å². The third-order valence-electron chi connectivity index (χ3n) is 5.27. The van der Waals surface area contributed by atoms with E-state index in [0.717, 1.165) is 0 Å². The number of carbonyl (C=O) groups is 2. The number of fused-ring (bicyclic) bond motifs is 1. The molecular formula is C20H24FN5O4. The smallest absolute Gasteiger partial charge is 0.296 e. The lowest BCUT2D eigenvalue weighted by Gasteiger charge is -2.42. The van der Waals surface area contributed by atoms with Gasteiger partial charge in [0.2, 0.25) is 11.7 Å². The molecule has 9 nitrogen and oxygen atoms in total. The van der Waals surface area contributed by atoms with Gasteiger partial charge in [-0.25, -0.2) is 9.37 Å². The fourth-order valence-corrected chi connectivity index (χ4v) is 3.42. The minimum absolute atomic E-state index is 0.0742. The summed E-state index contributed by atoms with van der Waals surface area (Å²) in [5.74, 6) is -1.75. The minimum Gasteiger partial charge on any atom is -0.501 e. The average molecular weight is 417 g/mol. The topological polar surface area (TPSA) is 117 Å². The molecule has 2 aromatic rings. The summed E-state index contributed by atoms with van der Waals surface area (Å²) in [6.45, 7) is 4.41. The van der Waals surface area contributed by atoms with Crippen molar-refractivity contribution < 1.29 is 19.1 Å². The second-order valence-corrected chi connectivity index (χ2v) is 7.55. The lowest BCUT2D eigenvalue weighted by Crippen LogP contribution is -2.55. The fraction of sp³-hybridized carbons (Fsp3) is 0.400. The van der Waals surface area contributed by atoms with E-state index in [0.29, 0.717) is 12.1 Å². The molecule has 2 heterocycles. The number of nitrogens with one attached hydrogen (secondary N) is 2. The maximum Gasteiger partial charge on any atom is 0.296 e. The van der Waals surface area contributed by atoms with Crippen LogP contribution in [0.3, 0.4) is 0 Å². The highest BCUT2D eigenvalue weighted by molar-refractivity contribution is 5.94. The van der Waals surface area contributed by atoms with Crippen molar-refractivity contribution in [2.75, 3.05) is 20.1 Å². The maximum atomic E-state index is 13.0. The van der Waals surface area contributed by atoms with Gasteiger partial charge >= 0.3 is 0 Å². The fourth-order valence-electron chi connectivity index (χ4n) is 3.42. The van der Waals surface area contributed by atoms with Crippen molar-refractivity contribution >= 4 is 11.8 Å². The number of halogens is 1. The number of aromatic hydroxyl groups is 1. The number of likely N-dealkylation sites (N-methyl/N-ethyl adjacent to an activating group) is 1. The Bertz CT molecular complexity index is 1030. The molecule has 160 valence electrons. The summed E-state index contributed by atoms with van der Waals surface area (Å²) in [4.78, 5) is 43.3. The standard InChI is InChI=1S/C20H24FN5O4/c1-20(2)19-24-15(17(29)23-10-12-4-6-13(21)7-5-12)16(28)18(30)26(19)9-8-25(20)11-14(27)22-3/h4-7,28H,8-11H2,1-3H3,(H,22,27)(H,23,29). The summed E-state index contributed by atoms with van der Waals surface area (Å²) in [5, 5.41) is 15.4. The second kappa shape index (κ2) is 8.23. The number of nitrogens with zero attached hydrogens (tertiary/aromatic N) is 3. The Labute approximate surface area is 172 Å². The molecule has 1 aromatic carbocycles. The molecule has 0 bridgehead atoms. The average Bonchev–Trinajstić information content (AvgIpc) is 2.71. The molecule has 0 atom stereocenters. The highest BCUT2D eigenvalue weighted by Gasteiger charge is 2.39. The molecule has 2 amide bonds. The number of benzene rings is 1. The van der Waals surface area contributed by atoms with Gasteiger partial charge in [-0.05, 0) is 31.5 Å². The van der Waals surface area contributed by atoms with E-state index in [1.807, 2.05) is 4.90 Å². The molecule has 1 aliphatic rings. The molecule has 0 aliphatic carbocycles. The summed E-state index contributed by atoms with van der Waals surface area (Å²) >= 11 is 0. The molecule has 0 fully saturated rings. The predicted molar refractivity (Wildman–Crippen MR) is 106 cm³/mol. The number of rotatable bonds is 5. The Morgan fingerprint density at radius 2 is 1.90 bits per heavy atom. The minimum atomic E-state index is -0.830. The number of carbonyl (C=O) groups excluding carboxylic acids is 2. The van der Waals surface area contributed by atoms with Gasteiger partial charge in [-0.3, -0.25) is 23.9 Å². The number of amides is 2. The second-order valence-electron chi connectivity index (χ2n) is 7.55. The Morgan fingerprint density at radius 3 is 2.53 bits per heavy atom. The van der Waals surface area contributed by atoms with Crippen LogP contribution in [0.4, 0.5) is 4.39 Å². The Kier molecular flexibility index (Phi) is 5.88. The lowest BCUT2D eigenvalue weighted by molar-refractivity contribution is -0.123. The van der Waals surface area contributed by atoms with Gasteiger partial charge in [0.1, 0.15) is 11.6 Å². The zero-order valence-electron chi connectivity index (χ0n) is 17.0. The summed E-state index contributed by atoms with van der Waals surface area (Å²) in [6.07, 6.45) is 0. The van der Waals surface area contributed by atoms with Crippen molar-refractivity contribution in [1.29, 1.82) is 0 Å². The Balaban J connectivity index is 1.90. The molecule has 0 radical (unpaired) electrons. The van der Waals surface area contributed by atoms with Crippen molar-refractivity contribution in [3.8, 4) is 5.75 Å². The van der Waals surface area contributed by atoms with Crippen molar-refractivity contribution in [2.24, 2.45) is 0 Å². The monoisotopic (exact) mass is 417 g/mol. The molecule has 0 saturated heterocycles. The molecule has 0 saturated carbocycles. The first kappa shape index (κ1) is 21.4. The van der Waals surface area contributed by atoms with Crippen LogP contribution in [0.2, 0.25) is 0 Å². The quantitative estimate of drug-likeness (QED) is 0.645. The van der Waals surface area contributed by atoms with E-state index in [9.17, 15) is 23.9 Å². The first-order valence-electron chi connectivity index (χ1n) is 9.47. The van der Waals surface area contributed by atoms with Crippen LogP contribution in [0.1, 0.15) is 35.7 Å². The lowest BCUT2D eigenvalue weighted by atomic mass is 9.98. The number of hydrogen-bond acceptors (Lipinski definition) is 6. The summed E-state index contributed by atoms with van der Waals surface area (Å²) in [5.41, 5.74) is -1.28. The van der Waals surface area contributed by atoms with Gasteiger partial charge in [-0.1, -0.05) is 12.1 Å². The van der Waals surface area contributed by atoms with Gasteiger partial charge in [0, 0.05) is 26.7 Å². The highest BCUT2D eigenvalue weighted by atomic mass is 19.1. The van der Waals surface area contributed by atoms with Gasteiger partial charge in [-0.2, -0.15) is 0 Å². The van der Waals surface area contributed by atoms with E-state index in [4.69, 9.17) is 0 Å². The van der Waals surface area contributed by atoms with Crippen LogP contribution in [-0.4, -0.2) is 51.5 Å². The molecular weight excluding hydrogens is 393 g/mol. The normalized spacial score (nSPS) is 15.3. The van der Waals surface area contributed by atoms with Crippen LogP contribution in [-0.2, 0) is 23.4 Å². The summed E-state index contributed by atoms with van der Waals surface area (Å²) in [7, 11) is 1.54. The van der Waals surface area contributed by atoms with Gasteiger partial charge < -0.3 is 15.7 Å². The van der Waals surface area contributed by atoms with Gasteiger partial charge in [0.25, 0.3) is 11.5 Å². The highest BCUT2D eigenvalue weighted by Crippen LogP contribution is 2.30. The Hall–Kier alpha value is -3.27. The Morgan fingerprint density at radius 1 is 1.23 bits per heavy atom. The van der Waals surface area contributed by atoms with Crippen LogP contribution in [0, 0.1) is 5.82 Å². The van der Waals surface area contributed by atoms with Crippen LogP contribution in [0.25, 0.3) is 0 Å². The van der Waals surface area contributed by atoms with Crippen LogP contribution in [0.15, 0.2) is 29.1 Å². The predicted octanol–water partition coefficient (Wildman–Crippen LogP) is 0.315. The molecule has 30 heavy (non-hydrogen) atoms. The summed E-state index contributed by atoms with van der Waals surface area (Å²) in [6, 6.07) is 5.58. The SMILES string of the molecule is CNC(=O)CN1CCn2c(nc(C(=O)NCc3ccc(F)cc3)c(O)c2=O)C1(C)C. The van der Waals surface area contributed by atoms with Gasteiger partial charge in [0.05, 0.1) is 12.1 Å². The van der Waals surface area contributed by atoms with E-state index in [-0.39, 0.29) is 37.1 Å². The number of hydrogen-bond donors (Lipinski definition) is 3. The zero-order chi connectivity index (χ0) is 22.1. The van der Waals surface area contributed by atoms with Crippen LogP contribution in [0.5, 0.6) is 5.75 Å². The van der Waals surface area contributed by atoms with E-state index in [1.54, 1.807) is 13.8 Å². The van der Waals surface area contributed by atoms with Gasteiger partial charge in [0.15, 0.2) is 5.69 Å². The molecule has 0 unspecified atom stereocenters. The third kappa shape index (κ3) is 4.04. The van der Waals surface area contributed by atoms with Crippen LogP contribution >= 0.6 is 0 Å². The first-order valence-corrected chi connectivity index (χ1v) is 9.47. The largest absolute Gasteiger partial charge is 0.501 e. The molecule has 1 aliphatic heterocycles. The van der Waals surface area contributed by atoms with Crippen molar-refractivity contribution in [1.82, 2.24) is 25.1 Å². The first-order chi connectivity index (χ1) is 14.1. The van der Waals surface area contributed by atoms with Crippen LogP contribution < -0.4 is 16.2 Å². The van der Waals surface area contributed by atoms with Crippen molar-refractivity contribution in [2.45, 2.75) is 32.5 Å². The third-order valence-corrected chi connectivity index (χ3v) is 5.27. The van der Waals surface area contributed by atoms with Gasteiger partial charge in [-0.15, -0.1) is 0 Å². The summed E-state index contributed by atoms with van der Waals surface area (Å²) < 4.78 is 14.3. The molecule has 10 heteroatoms. The van der Waals surface area contributed by atoms with Crippen molar-refractivity contribution in [3.63, 3.8) is 0 Å². The van der Waals surface area contributed by atoms with E-state index < -0.39 is 28.6 Å². The van der Waals surface area contributed by atoms with Crippen molar-refractivity contribution in [3.05, 3.63) is 57.5 Å². The molecule has 3 N–H and O–H groups in total. The number of aromatic nitrogens is 2. The zero-order valence-corrected chi connectivity index (χ0v) is 17.0. The molecule has 3 rings (SSSR count).